The first-order valence-electron chi connectivity index (χ1n) is 10.7. The lowest BCUT2D eigenvalue weighted by atomic mass is 9.98. The van der Waals surface area contributed by atoms with Gasteiger partial charge in [-0.1, -0.05) is 67.9 Å². The van der Waals surface area contributed by atoms with Crippen LogP contribution in [0, 0.1) is 20.8 Å². The highest BCUT2D eigenvalue weighted by Gasteiger charge is 2.28. The SMILES string of the molecule is Cc1ccc(S(=O)(=O)N(CC(=O)Nc2c(C)cccc2C(C)C)c2ccccc2C)cc1. The van der Waals surface area contributed by atoms with E-state index in [0.29, 0.717) is 5.69 Å². The number of carbonyl (C=O) groups excluding carboxylic acids is 1. The second kappa shape index (κ2) is 9.57. The van der Waals surface area contributed by atoms with Crippen LogP contribution >= 0.6 is 0 Å². The van der Waals surface area contributed by atoms with Crippen molar-refractivity contribution in [3.63, 3.8) is 0 Å². The van der Waals surface area contributed by atoms with Crippen molar-refractivity contribution in [1.29, 1.82) is 0 Å². The molecule has 0 saturated heterocycles. The number of carbonyl (C=O) groups is 1. The van der Waals surface area contributed by atoms with E-state index < -0.39 is 10.0 Å². The van der Waals surface area contributed by atoms with Crippen LogP contribution in [0.3, 0.4) is 0 Å². The van der Waals surface area contributed by atoms with Gasteiger partial charge in [-0.2, -0.15) is 0 Å². The number of aryl methyl sites for hydroxylation is 3. The van der Waals surface area contributed by atoms with Gasteiger partial charge >= 0.3 is 0 Å². The summed E-state index contributed by atoms with van der Waals surface area (Å²) in [5.41, 5.74) is 4.91. The fourth-order valence-electron chi connectivity index (χ4n) is 3.63. The second-order valence-corrected chi connectivity index (χ2v) is 10.2. The maximum Gasteiger partial charge on any atom is 0.264 e. The standard InChI is InChI=1S/C26H30N2O3S/c1-18(2)23-11-8-10-21(5)26(23)27-25(29)17-28(24-12-7-6-9-20(24)4)32(30,31)22-15-13-19(3)14-16-22/h6-16,18H,17H2,1-5H3,(H,27,29). The molecule has 0 aliphatic carbocycles. The average molecular weight is 451 g/mol. The van der Waals surface area contributed by atoms with Gasteiger partial charge in [-0.25, -0.2) is 8.42 Å². The van der Waals surface area contributed by atoms with Gasteiger partial charge in [-0.15, -0.1) is 0 Å². The fraction of sp³-hybridized carbons (Fsp3) is 0.269. The van der Waals surface area contributed by atoms with Crippen LogP contribution < -0.4 is 9.62 Å². The van der Waals surface area contributed by atoms with Gasteiger partial charge in [-0.3, -0.25) is 9.10 Å². The Balaban J connectivity index is 2.00. The molecule has 0 bridgehead atoms. The molecule has 1 N–H and O–H groups in total. The van der Waals surface area contributed by atoms with E-state index in [1.54, 1.807) is 36.4 Å². The van der Waals surface area contributed by atoms with Gasteiger partial charge in [0.25, 0.3) is 10.0 Å². The molecule has 0 aromatic heterocycles. The van der Waals surface area contributed by atoms with Crippen LogP contribution in [0.1, 0.15) is 42.0 Å². The van der Waals surface area contributed by atoms with Gasteiger partial charge in [0, 0.05) is 5.69 Å². The first-order chi connectivity index (χ1) is 15.1. The normalized spacial score (nSPS) is 11.4. The Morgan fingerprint density at radius 1 is 0.875 bits per heavy atom. The van der Waals surface area contributed by atoms with E-state index in [-0.39, 0.29) is 23.3 Å². The third kappa shape index (κ3) is 5.02. The number of amides is 1. The molecule has 0 aliphatic rings. The number of anilines is 2. The lowest BCUT2D eigenvalue weighted by molar-refractivity contribution is -0.114. The van der Waals surface area contributed by atoms with Gasteiger partial charge in [0.2, 0.25) is 5.91 Å². The summed E-state index contributed by atoms with van der Waals surface area (Å²) in [4.78, 5) is 13.3. The Bertz CT molecular complexity index is 1220. The smallest absolute Gasteiger partial charge is 0.264 e. The van der Waals surface area contributed by atoms with E-state index in [9.17, 15) is 13.2 Å². The Hall–Kier alpha value is -3.12. The molecule has 168 valence electrons. The Labute approximate surface area is 191 Å². The van der Waals surface area contributed by atoms with E-state index in [0.717, 1.165) is 27.9 Å². The maximum absolute atomic E-state index is 13.6. The number of hydrogen-bond acceptors (Lipinski definition) is 3. The zero-order valence-corrected chi connectivity index (χ0v) is 20.0. The van der Waals surface area contributed by atoms with Crippen molar-refractivity contribution < 1.29 is 13.2 Å². The summed E-state index contributed by atoms with van der Waals surface area (Å²) in [5.74, 6) is -0.172. The minimum Gasteiger partial charge on any atom is -0.324 e. The zero-order chi connectivity index (χ0) is 23.5. The van der Waals surface area contributed by atoms with E-state index in [1.165, 1.54) is 4.31 Å². The van der Waals surface area contributed by atoms with Crippen molar-refractivity contribution in [2.75, 3.05) is 16.2 Å². The molecule has 0 aliphatic heterocycles. The Morgan fingerprint density at radius 3 is 2.12 bits per heavy atom. The summed E-state index contributed by atoms with van der Waals surface area (Å²) < 4.78 is 28.3. The van der Waals surface area contributed by atoms with Gasteiger partial charge < -0.3 is 5.32 Å². The molecule has 0 saturated carbocycles. The van der Waals surface area contributed by atoms with Crippen LogP contribution in [0.5, 0.6) is 0 Å². The summed E-state index contributed by atoms with van der Waals surface area (Å²) in [5, 5.41) is 2.97. The quantitative estimate of drug-likeness (QED) is 0.512. The molecular weight excluding hydrogens is 420 g/mol. The van der Waals surface area contributed by atoms with Gasteiger partial charge in [0.05, 0.1) is 10.6 Å². The van der Waals surface area contributed by atoms with Gasteiger partial charge in [0.15, 0.2) is 0 Å². The summed E-state index contributed by atoms with van der Waals surface area (Å²) >= 11 is 0. The van der Waals surface area contributed by atoms with E-state index >= 15 is 0 Å². The van der Waals surface area contributed by atoms with Crippen LogP contribution in [-0.2, 0) is 14.8 Å². The van der Waals surface area contributed by atoms with Crippen molar-refractivity contribution in [2.45, 2.75) is 45.4 Å². The van der Waals surface area contributed by atoms with Crippen LogP contribution in [0.2, 0.25) is 0 Å². The molecule has 1 amide bonds. The minimum absolute atomic E-state index is 0.151. The lowest BCUT2D eigenvalue weighted by Crippen LogP contribution is -2.38. The minimum atomic E-state index is -3.94. The third-order valence-electron chi connectivity index (χ3n) is 5.47. The van der Waals surface area contributed by atoms with Gasteiger partial charge in [-0.05, 0) is 61.6 Å². The van der Waals surface area contributed by atoms with Gasteiger partial charge in [0.1, 0.15) is 6.54 Å². The van der Waals surface area contributed by atoms with Crippen molar-refractivity contribution >= 4 is 27.3 Å². The molecule has 3 aromatic rings. The molecule has 0 spiro atoms. The highest BCUT2D eigenvalue weighted by Crippen LogP contribution is 2.29. The molecule has 0 atom stereocenters. The predicted octanol–water partition coefficient (Wildman–Crippen LogP) is 5.57. The molecule has 0 fully saturated rings. The van der Waals surface area contributed by atoms with E-state index in [2.05, 4.69) is 19.2 Å². The van der Waals surface area contributed by atoms with Crippen LogP contribution in [0.25, 0.3) is 0 Å². The number of hydrogen-bond donors (Lipinski definition) is 1. The van der Waals surface area contributed by atoms with Crippen LogP contribution in [0.15, 0.2) is 71.6 Å². The Morgan fingerprint density at radius 2 is 1.50 bits per heavy atom. The number of sulfonamides is 1. The van der Waals surface area contributed by atoms with Crippen LogP contribution in [-0.4, -0.2) is 20.9 Å². The largest absolute Gasteiger partial charge is 0.324 e. The number of benzene rings is 3. The molecule has 0 unspecified atom stereocenters. The molecule has 0 heterocycles. The lowest BCUT2D eigenvalue weighted by Gasteiger charge is -2.26. The number of rotatable bonds is 7. The Kier molecular flexibility index (Phi) is 7.04. The topological polar surface area (TPSA) is 66.5 Å². The molecular formula is C26H30N2O3S. The van der Waals surface area contributed by atoms with Crippen molar-refractivity contribution in [3.05, 3.63) is 89.0 Å². The second-order valence-electron chi connectivity index (χ2n) is 8.35. The maximum atomic E-state index is 13.6. The monoisotopic (exact) mass is 450 g/mol. The molecule has 3 rings (SSSR count). The number of para-hydroxylation sites is 2. The molecule has 5 nitrogen and oxygen atoms in total. The molecule has 0 radical (unpaired) electrons. The first-order valence-corrected chi connectivity index (χ1v) is 12.1. The predicted molar refractivity (Wildman–Crippen MR) is 131 cm³/mol. The number of nitrogens with one attached hydrogen (secondary N) is 1. The summed E-state index contributed by atoms with van der Waals surface area (Å²) in [6.07, 6.45) is 0. The van der Waals surface area contributed by atoms with Crippen molar-refractivity contribution in [3.8, 4) is 0 Å². The highest BCUT2D eigenvalue weighted by molar-refractivity contribution is 7.92. The third-order valence-corrected chi connectivity index (χ3v) is 7.25. The summed E-state index contributed by atoms with van der Waals surface area (Å²) in [6, 6.07) is 19.7. The number of nitrogens with zero attached hydrogens (tertiary/aromatic N) is 1. The zero-order valence-electron chi connectivity index (χ0n) is 19.2. The van der Waals surface area contributed by atoms with Crippen molar-refractivity contribution in [1.82, 2.24) is 0 Å². The van der Waals surface area contributed by atoms with E-state index in [4.69, 9.17) is 0 Å². The van der Waals surface area contributed by atoms with E-state index in [1.807, 2.05) is 51.1 Å². The molecule has 6 heteroatoms. The average Bonchev–Trinajstić information content (AvgIpc) is 2.74. The fourth-order valence-corrected chi connectivity index (χ4v) is 5.12. The van der Waals surface area contributed by atoms with Crippen LogP contribution in [0.4, 0.5) is 11.4 Å². The summed E-state index contributed by atoms with van der Waals surface area (Å²) in [6.45, 7) is 9.47. The molecule has 3 aromatic carbocycles. The summed E-state index contributed by atoms with van der Waals surface area (Å²) in [7, 11) is -3.94. The highest BCUT2D eigenvalue weighted by atomic mass is 32.2. The first kappa shape index (κ1) is 23.5. The molecule has 32 heavy (non-hydrogen) atoms. The van der Waals surface area contributed by atoms with Crippen molar-refractivity contribution in [2.24, 2.45) is 0 Å².